The number of thioether (sulfide) groups is 1. The summed E-state index contributed by atoms with van der Waals surface area (Å²) in [4.78, 5) is 0. The fourth-order valence-corrected chi connectivity index (χ4v) is 4.68. The summed E-state index contributed by atoms with van der Waals surface area (Å²) in [5.74, 6) is 0. The van der Waals surface area contributed by atoms with Crippen molar-refractivity contribution in [2.45, 2.75) is 76.7 Å². The van der Waals surface area contributed by atoms with Crippen LogP contribution in [-0.4, -0.2) is 10.00 Å². The van der Waals surface area contributed by atoms with Crippen LogP contribution in [-0.2, 0) is 0 Å². The molecule has 2 aliphatic rings. The minimum Gasteiger partial charge on any atom is -0.149 e. The van der Waals surface area contributed by atoms with Crippen LogP contribution in [0.1, 0.15) is 66.7 Å². The monoisotopic (exact) mass is 226 g/mol. The number of hydrogen-bond acceptors (Lipinski definition) is 1. The van der Waals surface area contributed by atoms with Gasteiger partial charge in [-0.2, -0.15) is 0 Å². The second-order valence-corrected chi connectivity index (χ2v) is 8.78. The van der Waals surface area contributed by atoms with Gasteiger partial charge in [0.1, 0.15) is 0 Å². The maximum atomic E-state index is 2.53. The average molecular weight is 226 g/mol. The van der Waals surface area contributed by atoms with Crippen molar-refractivity contribution in [1.29, 1.82) is 0 Å². The molecule has 3 unspecified atom stereocenters. The Bertz CT molecular complexity index is 253. The summed E-state index contributed by atoms with van der Waals surface area (Å²) in [5, 5.41) is 0.928. The van der Waals surface area contributed by atoms with Crippen molar-refractivity contribution in [2.75, 3.05) is 0 Å². The lowest BCUT2D eigenvalue weighted by molar-refractivity contribution is 0.0818. The van der Waals surface area contributed by atoms with Crippen molar-refractivity contribution in [3.05, 3.63) is 0 Å². The van der Waals surface area contributed by atoms with Gasteiger partial charge in [0.05, 0.1) is 0 Å². The molecule has 2 rings (SSSR count). The first-order chi connectivity index (χ1) is 6.79. The van der Waals surface area contributed by atoms with E-state index in [-0.39, 0.29) is 0 Å². The van der Waals surface area contributed by atoms with Crippen LogP contribution in [0, 0.1) is 10.8 Å². The van der Waals surface area contributed by atoms with Gasteiger partial charge in [0.2, 0.25) is 0 Å². The zero-order chi connectivity index (χ0) is 11.3. The van der Waals surface area contributed by atoms with Gasteiger partial charge in [-0.15, -0.1) is 11.8 Å². The van der Waals surface area contributed by atoms with E-state index in [1.54, 1.807) is 0 Å². The van der Waals surface area contributed by atoms with E-state index in [4.69, 9.17) is 0 Å². The summed E-state index contributed by atoms with van der Waals surface area (Å²) in [7, 11) is 0. The molecule has 0 radical (unpaired) electrons. The maximum absolute atomic E-state index is 2.53. The van der Waals surface area contributed by atoms with Crippen LogP contribution in [0.2, 0.25) is 0 Å². The van der Waals surface area contributed by atoms with E-state index in [0.29, 0.717) is 15.6 Å². The van der Waals surface area contributed by atoms with E-state index in [1.165, 1.54) is 32.1 Å². The molecule has 0 aromatic carbocycles. The predicted octanol–water partition coefficient (Wildman–Crippen LogP) is 4.88. The topological polar surface area (TPSA) is 0 Å². The zero-order valence-corrected chi connectivity index (χ0v) is 11.8. The normalized spacial score (nSPS) is 46.6. The van der Waals surface area contributed by atoms with Crippen LogP contribution in [0.4, 0.5) is 0 Å². The molecule has 0 aromatic heterocycles. The Labute approximate surface area is 99.6 Å². The lowest BCUT2D eigenvalue weighted by Crippen LogP contribution is -2.36. The first kappa shape index (κ1) is 11.8. The lowest BCUT2D eigenvalue weighted by Gasteiger charge is -2.43. The second-order valence-electron chi connectivity index (χ2n) is 7.02. The molecule has 15 heavy (non-hydrogen) atoms. The molecule has 1 heteroatoms. The van der Waals surface area contributed by atoms with Crippen molar-refractivity contribution >= 4 is 11.8 Å². The fraction of sp³-hybridized carbons (Fsp3) is 1.00. The summed E-state index contributed by atoms with van der Waals surface area (Å²) >= 11 is 2.25. The Morgan fingerprint density at radius 2 is 1.67 bits per heavy atom. The molecular formula is C14H26S. The van der Waals surface area contributed by atoms with Gasteiger partial charge >= 0.3 is 0 Å². The van der Waals surface area contributed by atoms with Crippen molar-refractivity contribution in [2.24, 2.45) is 10.8 Å². The van der Waals surface area contributed by atoms with Gasteiger partial charge in [0.25, 0.3) is 0 Å². The van der Waals surface area contributed by atoms with Crippen molar-refractivity contribution in [3.8, 4) is 0 Å². The minimum atomic E-state index is 0.465. The van der Waals surface area contributed by atoms with Crippen LogP contribution in [0.5, 0.6) is 0 Å². The predicted molar refractivity (Wildman–Crippen MR) is 70.4 cm³/mol. The molecule has 0 N–H and O–H groups in total. The molecule has 0 aromatic rings. The summed E-state index contributed by atoms with van der Waals surface area (Å²) in [6.45, 7) is 12.3. The van der Waals surface area contributed by atoms with E-state index in [1.807, 2.05) is 0 Å². The van der Waals surface area contributed by atoms with Crippen LogP contribution in [0.25, 0.3) is 0 Å². The molecule has 2 fully saturated rings. The molecule has 3 atom stereocenters. The Morgan fingerprint density at radius 3 is 2.13 bits per heavy atom. The van der Waals surface area contributed by atoms with Gasteiger partial charge in [-0.25, -0.2) is 0 Å². The first-order valence-electron chi connectivity index (χ1n) is 6.47. The van der Waals surface area contributed by atoms with E-state index in [2.05, 4.69) is 46.4 Å². The van der Waals surface area contributed by atoms with Crippen molar-refractivity contribution in [1.82, 2.24) is 0 Å². The van der Waals surface area contributed by atoms with Crippen LogP contribution >= 0.6 is 11.8 Å². The molecule has 1 spiro atoms. The molecule has 1 aliphatic carbocycles. The van der Waals surface area contributed by atoms with Crippen LogP contribution < -0.4 is 0 Å². The van der Waals surface area contributed by atoms with Gasteiger partial charge in [-0.3, -0.25) is 0 Å². The molecule has 1 saturated heterocycles. The van der Waals surface area contributed by atoms with E-state index in [0.717, 1.165) is 5.25 Å². The summed E-state index contributed by atoms with van der Waals surface area (Å²) in [6.07, 6.45) is 7.27. The van der Waals surface area contributed by atoms with Gasteiger partial charge < -0.3 is 0 Å². The lowest BCUT2D eigenvalue weighted by atomic mass is 9.62. The third kappa shape index (κ3) is 1.97. The van der Waals surface area contributed by atoms with Gasteiger partial charge in [0, 0.05) is 10.00 Å². The highest BCUT2D eigenvalue weighted by molar-refractivity contribution is 8.08. The second kappa shape index (κ2) is 3.42. The number of hydrogen-bond donors (Lipinski definition) is 0. The molecule has 0 amide bonds. The molecular weight excluding hydrogens is 200 g/mol. The fourth-order valence-electron chi connectivity index (χ4n) is 3.18. The van der Waals surface area contributed by atoms with Crippen molar-refractivity contribution in [3.63, 3.8) is 0 Å². The van der Waals surface area contributed by atoms with Gasteiger partial charge in [-0.1, -0.05) is 47.5 Å². The van der Waals surface area contributed by atoms with Crippen molar-refractivity contribution < 1.29 is 0 Å². The first-order valence-corrected chi connectivity index (χ1v) is 7.35. The quantitative estimate of drug-likeness (QED) is 0.531. The van der Waals surface area contributed by atoms with Gasteiger partial charge in [-0.05, 0) is 30.1 Å². The van der Waals surface area contributed by atoms with E-state index >= 15 is 0 Å². The van der Waals surface area contributed by atoms with E-state index < -0.39 is 0 Å². The van der Waals surface area contributed by atoms with Gasteiger partial charge in [0.15, 0.2) is 0 Å². The Hall–Kier alpha value is 0.350. The summed E-state index contributed by atoms with van der Waals surface area (Å²) in [6, 6.07) is 0. The molecule has 88 valence electrons. The molecule has 1 aliphatic heterocycles. The largest absolute Gasteiger partial charge is 0.149 e. The van der Waals surface area contributed by atoms with Crippen LogP contribution in [0.3, 0.4) is 0 Å². The number of rotatable bonds is 0. The Kier molecular flexibility index (Phi) is 2.70. The maximum Gasteiger partial charge on any atom is 0.0284 e. The highest BCUT2D eigenvalue weighted by Gasteiger charge is 2.57. The highest BCUT2D eigenvalue weighted by atomic mass is 32.2. The third-order valence-electron chi connectivity index (χ3n) is 5.17. The van der Waals surface area contributed by atoms with E-state index in [9.17, 15) is 0 Å². The highest BCUT2D eigenvalue weighted by Crippen LogP contribution is 2.66. The van der Waals surface area contributed by atoms with Crippen LogP contribution in [0.15, 0.2) is 0 Å². The Balaban J connectivity index is 2.19. The molecule has 1 saturated carbocycles. The molecule has 0 bridgehead atoms. The average Bonchev–Trinajstić information content (AvgIpc) is 2.73. The Morgan fingerprint density at radius 1 is 1.13 bits per heavy atom. The summed E-state index contributed by atoms with van der Waals surface area (Å²) in [5.41, 5.74) is 1.02. The molecule has 1 heterocycles. The third-order valence-corrected chi connectivity index (χ3v) is 6.90. The zero-order valence-electron chi connectivity index (χ0n) is 11.0. The molecule has 0 nitrogen and oxygen atoms in total. The minimum absolute atomic E-state index is 0.465. The smallest absolute Gasteiger partial charge is 0.0284 e. The standard InChI is InChI=1S/C14H26S/c1-11-14(15-11)9-7-6-8-13(5,10-14)12(2,3)4/h11H,6-10H2,1-5H3. The SMILES string of the molecule is CC1SC12CCCCC(C)(C(C)(C)C)C2. The summed E-state index contributed by atoms with van der Waals surface area (Å²) < 4.78 is 0.679.